The molecule has 1 aromatic heterocycles. The maximum Gasteiger partial charge on any atom is 0.342 e. The zero-order valence-corrected chi connectivity index (χ0v) is 13.9. The molecule has 2 heterocycles. The van der Waals surface area contributed by atoms with Gasteiger partial charge in [-0.25, -0.2) is 14.0 Å². The fourth-order valence-corrected chi connectivity index (χ4v) is 3.78. The third-order valence-electron chi connectivity index (χ3n) is 4.03. The molecule has 1 N–H and O–H groups in total. The molecule has 1 fully saturated rings. The van der Waals surface area contributed by atoms with Gasteiger partial charge in [0.15, 0.2) is 0 Å². The topological polar surface area (TPSA) is 58.6 Å². The molecule has 1 atom stereocenters. The molecule has 1 unspecified atom stereocenters. The number of hydrogen-bond acceptors (Lipinski definition) is 4. The van der Waals surface area contributed by atoms with E-state index in [2.05, 4.69) is 10.1 Å². The lowest BCUT2D eigenvalue weighted by Crippen LogP contribution is -2.34. The Bertz CT molecular complexity index is 748. The van der Waals surface area contributed by atoms with Crippen molar-refractivity contribution in [2.24, 2.45) is 0 Å². The van der Waals surface area contributed by atoms with Crippen LogP contribution in [-0.2, 0) is 4.74 Å². The van der Waals surface area contributed by atoms with E-state index in [0.29, 0.717) is 6.54 Å². The Kier molecular flexibility index (Phi) is 4.80. The Morgan fingerprint density at radius 2 is 2.17 bits per heavy atom. The molecule has 2 amide bonds. The van der Waals surface area contributed by atoms with Crippen molar-refractivity contribution in [2.75, 3.05) is 19.0 Å². The highest BCUT2D eigenvalue weighted by Gasteiger charge is 2.31. The number of nitrogens with one attached hydrogen (secondary N) is 1. The van der Waals surface area contributed by atoms with Gasteiger partial charge in [0, 0.05) is 11.4 Å². The zero-order valence-electron chi connectivity index (χ0n) is 13.1. The molecule has 1 aliphatic rings. The molecule has 0 saturated carbocycles. The molecule has 0 aliphatic carbocycles. The van der Waals surface area contributed by atoms with Crippen LogP contribution < -0.4 is 5.32 Å². The minimum absolute atomic E-state index is 0.0140. The van der Waals surface area contributed by atoms with E-state index in [4.69, 9.17) is 0 Å². The van der Waals surface area contributed by atoms with E-state index in [9.17, 15) is 14.0 Å². The molecule has 126 valence electrons. The normalized spacial score (nSPS) is 16.9. The van der Waals surface area contributed by atoms with Gasteiger partial charge in [0.25, 0.3) is 0 Å². The maximum absolute atomic E-state index is 14.0. The minimum atomic E-state index is -0.820. The summed E-state index contributed by atoms with van der Waals surface area (Å²) in [7, 11) is 1.17. The molecule has 5 nitrogen and oxygen atoms in total. The largest absolute Gasteiger partial charge is 0.465 e. The van der Waals surface area contributed by atoms with E-state index in [0.717, 1.165) is 23.8 Å². The van der Waals surface area contributed by atoms with Crippen molar-refractivity contribution in [2.45, 2.75) is 18.9 Å². The Labute approximate surface area is 143 Å². The molecule has 2 aromatic rings. The van der Waals surface area contributed by atoms with Crippen molar-refractivity contribution in [3.63, 3.8) is 0 Å². The number of nitrogens with zero attached hydrogens (tertiary/aromatic N) is 1. The van der Waals surface area contributed by atoms with Crippen LogP contribution in [0.2, 0.25) is 0 Å². The standard InChI is InChI=1S/C17H17FN2O3S/c1-23-16(21)15-11(18)5-2-6-12(15)19-17(22)20-9-3-7-13(20)14-8-4-10-24-14/h2,4-6,8,10,13H,3,7,9H2,1H3,(H,19,22). The second-order valence-electron chi connectivity index (χ2n) is 5.45. The van der Waals surface area contributed by atoms with Crippen LogP contribution >= 0.6 is 11.3 Å². The Morgan fingerprint density at radius 3 is 2.88 bits per heavy atom. The summed E-state index contributed by atoms with van der Waals surface area (Å²) < 4.78 is 18.6. The average molecular weight is 348 g/mol. The molecule has 0 spiro atoms. The number of ether oxygens (including phenoxy) is 1. The molecule has 24 heavy (non-hydrogen) atoms. The first-order valence-electron chi connectivity index (χ1n) is 7.59. The summed E-state index contributed by atoms with van der Waals surface area (Å²) in [5.74, 6) is -1.55. The predicted octanol–water partition coefficient (Wildman–Crippen LogP) is 4.04. The average Bonchev–Trinajstić information content (AvgIpc) is 3.25. The van der Waals surface area contributed by atoms with Gasteiger partial charge in [-0.3, -0.25) is 0 Å². The monoisotopic (exact) mass is 348 g/mol. The zero-order chi connectivity index (χ0) is 17.1. The highest BCUT2D eigenvalue weighted by atomic mass is 32.1. The van der Waals surface area contributed by atoms with E-state index >= 15 is 0 Å². The highest BCUT2D eigenvalue weighted by Crippen LogP contribution is 2.35. The number of hydrogen-bond donors (Lipinski definition) is 1. The van der Waals surface area contributed by atoms with E-state index in [1.807, 2.05) is 17.5 Å². The van der Waals surface area contributed by atoms with Crippen molar-refractivity contribution in [1.29, 1.82) is 0 Å². The molecular formula is C17H17FN2O3S. The molecule has 7 heteroatoms. The van der Waals surface area contributed by atoms with Crippen molar-refractivity contribution in [3.8, 4) is 0 Å². The van der Waals surface area contributed by atoms with Gasteiger partial charge < -0.3 is 15.0 Å². The second-order valence-corrected chi connectivity index (χ2v) is 6.43. The smallest absolute Gasteiger partial charge is 0.342 e. The van der Waals surface area contributed by atoms with Gasteiger partial charge in [0.05, 0.1) is 18.8 Å². The Morgan fingerprint density at radius 1 is 1.33 bits per heavy atom. The molecule has 1 aromatic carbocycles. The molecular weight excluding hydrogens is 331 g/mol. The van der Waals surface area contributed by atoms with Crippen molar-refractivity contribution in [3.05, 3.63) is 52.0 Å². The molecule has 0 bridgehead atoms. The number of carbonyl (C=O) groups excluding carboxylic acids is 2. The number of esters is 1. The molecule has 0 radical (unpaired) electrons. The third-order valence-corrected chi connectivity index (χ3v) is 5.00. The summed E-state index contributed by atoms with van der Waals surface area (Å²) in [4.78, 5) is 27.3. The van der Waals surface area contributed by atoms with E-state index in [1.54, 1.807) is 16.2 Å². The van der Waals surface area contributed by atoms with Gasteiger partial charge in [-0.2, -0.15) is 0 Å². The van der Waals surface area contributed by atoms with Gasteiger partial charge in [0.1, 0.15) is 11.4 Å². The first kappa shape index (κ1) is 16.4. The fraction of sp³-hybridized carbons (Fsp3) is 0.294. The third kappa shape index (κ3) is 3.12. The van der Waals surface area contributed by atoms with Crippen LogP contribution in [0.4, 0.5) is 14.9 Å². The summed E-state index contributed by atoms with van der Waals surface area (Å²) in [5, 5.41) is 4.63. The first-order chi connectivity index (χ1) is 11.6. The number of benzene rings is 1. The minimum Gasteiger partial charge on any atom is -0.465 e. The van der Waals surface area contributed by atoms with Gasteiger partial charge in [-0.05, 0) is 36.4 Å². The van der Waals surface area contributed by atoms with Crippen LogP contribution in [-0.4, -0.2) is 30.6 Å². The van der Waals surface area contributed by atoms with Crippen LogP contribution in [0.15, 0.2) is 35.7 Å². The quantitative estimate of drug-likeness (QED) is 0.852. The summed E-state index contributed by atoms with van der Waals surface area (Å²) in [6, 6.07) is 7.72. The molecule has 1 saturated heterocycles. The number of likely N-dealkylation sites (tertiary alicyclic amines) is 1. The molecule has 1 aliphatic heterocycles. The lowest BCUT2D eigenvalue weighted by Gasteiger charge is -2.24. The Balaban J connectivity index is 1.83. The van der Waals surface area contributed by atoms with Crippen LogP contribution in [0.1, 0.15) is 34.1 Å². The lowest BCUT2D eigenvalue weighted by atomic mass is 10.1. The van der Waals surface area contributed by atoms with Gasteiger partial charge >= 0.3 is 12.0 Å². The number of urea groups is 1. The van der Waals surface area contributed by atoms with Crippen molar-refractivity contribution < 1.29 is 18.7 Å². The number of anilines is 1. The summed E-state index contributed by atoms with van der Waals surface area (Å²) in [6.45, 7) is 0.622. The van der Waals surface area contributed by atoms with Crippen LogP contribution in [0, 0.1) is 5.82 Å². The van der Waals surface area contributed by atoms with Gasteiger partial charge in [0.2, 0.25) is 0 Å². The number of methoxy groups -OCH3 is 1. The predicted molar refractivity (Wildman–Crippen MR) is 89.8 cm³/mol. The second kappa shape index (κ2) is 7.00. The molecule has 3 rings (SSSR count). The number of amides is 2. The van der Waals surface area contributed by atoms with E-state index < -0.39 is 11.8 Å². The SMILES string of the molecule is COC(=O)c1c(F)cccc1NC(=O)N1CCCC1c1cccs1. The van der Waals surface area contributed by atoms with E-state index in [1.165, 1.54) is 19.2 Å². The number of halogens is 1. The first-order valence-corrected chi connectivity index (χ1v) is 8.47. The van der Waals surface area contributed by atoms with Crippen LogP contribution in [0.25, 0.3) is 0 Å². The van der Waals surface area contributed by atoms with Crippen molar-refractivity contribution >= 4 is 29.0 Å². The maximum atomic E-state index is 14.0. The lowest BCUT2D eigenvalue weighted by molar-refractivity contribution is 0.0597. The Hall–Kier alpha value is -2.41. The van der Waals surface area contributed by atoms with Crippen molar-refractivity contribution in [1.82, 2.24) is 4.90 Å². The fourth-order valence-electron chi connectivity index (χ4n) is 2.91. The van der Waals surface area contributed by atoms with Crippen LogP contribution in [0.3, 0.4) is 0 Å². The van der Waals surface area contributed by atoms with Gasteiger partial charge in [-0.15, -0.1) is 11.3 Å². The number of carbonyl (C=O) groups is 2. The van der Waals surface area contributed by atoms with E-state index in [-0.39, 0.29) is 23.3 Å². The summed E-state index contributed by atoms with van der Waals surface area (Å²) >= 11 is 1.61. The van der Waals surface area contributed by atoms with Crippen LogP contribution in [0.5, 0.6) is 0 Å². The summed E-state index contributed by atoms with van der Waals surface area (Å²) in [6.07, 6.45) is 1.80. The summed E-state index contributed by atoms with van der Waals surface area (Å²) in [5.41, 5.74) is -0.149. The number of rotatable bonds is 3. The number of thiophene rings is 1. The highest BCUT2D eigenvalue weighted by molar-refractivity contribution is 7.10. The van der Waals surface area contributed by atoms with Gasteiger partial charge in [-0.1, -0.05) is 12.1 Å².